The third-order valence-corrected chi connectivity index (χ3v) is 4.47. The molecule has 0 spiro atoms. The Morgan fingerprint density at radius 1 is 1.50 bits per heavy atom. The summed E-state index contributed by atoms with van der Waals surface area (Å²) in [5.74, 6) is 0.948. The lowest BCUT2D eigenvalue weighted by Crippen LogP contribution is -2.08. The molecule has 0 radical (unpaired) electrons. The van der Waals surface area contributed by atoms with Crippen LogP contribution >= 0.6 is 11.8 Å². The molecule has 0 aromatic heterocycles. The predicted octanol–water partition coefficient (Wildman–Crippen LogP) is 0.0705. The molecule has 0 amide bonds. The van der Waals surface area contributed by atoms with E-state index in [0.717, 1.165) is 5.75 Å². The fraction of sp³-hybridized carbons (Fsp3) is 1.00. The van der Waals surface area contributed by atoms with Gasteiger partial charge in [-0.25, -0.2) is 8.42 Å². The number of hydrogen-bond acceptors (Lipinski definition) is 4. The molecule has 5 heteroatoms. The minimum Gasteiger partial charge on any atom is -0.330 e. The second kappa shape index (κ2) is 4.98. The molecular weight excluding hydrogens is 170 g/mol. The van der Waals surface area contributed by atoms with Gasteiger partial charge in [0, 0.05) is 18.1 Å². The Kier molecular flexibility index (Phi) is 5.11. The lowest BCUT2D eigenvalue weighted by atomic mass is 10.8. The van der Waals surface area contributed by atoms with Crippen molar-refractivity contribution in [2.24, 2.45) is 5.73 Å². The summed E-state index contributed by atoms with van der Waals surface area (Å²) in [5, 5.41) is 0.209. The second-order valence-electron chi connectivity index (χ2n) is 1.85. The van der Waals surface area contributed by atoms with Crippen molar-refractivity contribution in [2.45, 2.75) is 6.92 Å². The van der Waals surface area contributed by atoms with Crippen molar-refractivity contribution in [1.29, 1.82) is 0 Å². The second-order valence-corrected chi connectivity index (χ2v) is 5.67. The van der Waals surface area contributed by atoms with Crippen LogP contribution in [-0.4, -0.2) is 31.6 Å². The van der Waals surface area contributed by atoms with E-state index < -0.39 is 9.84 Å². The molecule has 0 saturated heterocycles. The molecule has 2 N–H and O–H groups in total. The van der Waals surface area contributed by atoms with E-state index in [1.165, 1.54) is 11.8 Å². The van der Waals surface area contributed by atoms with Gasteiger partial charge in [-0.1, -0.05) is 6.92 Å². The molecule has 0 saturated carbocycles. The Hall–Kier alpha value is 0.260. The van der Waals surface area contributed by atoms with Gasteiger partial charge in [0.2, 0.25) is 0 Å². The first-order chi connectivity index (χ1) is 4.62. The Labute approximate surface area is 66.3 Å². The molecule has 0 unspecified atom stereocenters. The lowest BCUT2D eigenvalue weighted by Gasteiger charge is -1.98. The third-order valence-electron chi connectivity index (χ3n) is 0.965. The molecule has 0 aliphatic carbocycles. The molecule has 0 heterocycles. The molecule has 0 aliphatic rings. The van der Waals surface area contributed by atoms with Crippen LogP contribution in [0.5, 0.6) is 0 Å². The van der Waals surface area contributed by atoms with E-state index in [1.807, 2.05) is 0 Å². The van der Waals surface area contributed by atoms with Crippen LogP contribution in [0.1, 0.15) is 6.92 Å². The lowest BCUT2D eigenvalue weighted by molar-refractivity contribution is 0.602. The first-order valence-corrected chi connectivity index (χ1v) is 6.08. The van der Waals surface area contributed by atoms with Crippen molar-refractivity contribution in [1.82, 2.24) is 0 Å². The maximum Gasteiger partial charge on any atom is 0.159 e. The minimum absolute atomic E-state index is 0.209. The monoisotopic (exact) mass is 183 g/mol. The van der Waals surface area contributed by atoms with E-state index in [2.05, 4.69) is 0 Å². The number of sulfone groups is 1. The van der Waals surface area contributed by atoms with Gasteiger partial charge < -0.3 is 5.73 Å². The van der Waals surface area contributed by atoms with Crippen molar-refractivity contribution in [2.75, 3.05) is 23.1 Å². The van der Waals surface area contributed by atoms with Crippen LogP contribution < -0.4 is 5.73 Å². The van der Waals surface area contributed by atoms with Crippen molar-refractivity contribution in [3.63, 3.8) is 0 Å². The first kappa shape index (κ1) is 10.3. The topological polar surface area (TPSA) is 60.2 Å². The van der Waals surface area contributed by atoms with Gasteiger partial charge in [-0.3, -0.25) is 0 Å². The van der Waals surface area contributed by atoms with Crippen LogP contribution in [0.2, 0.25) is 0 Å². The van der Waals surface area contributed by atoms with Gasteiger partial charge in [0.25, 0.3) is 0 Å². The predicted molar refractivity (Wildman–Crippen MR) is 45.8 cm³/mol. The van der Waals surface area contributed by atoms with Gasteiger partial charge in [-0.2, -0.15) is 0 Å². The zero-order valence-electron chi connectivity index (χ0n) is 6.04. The number of nitrogens with two attached hydrogens (primary N) is 1. The van der Waals surface area contributed by atoms with Crippen molar-refractivity contribution < 1.29 is 8.42 Å². The molecule has 3 nitrogen and oxygen atoms in total. The van der Waals surface area contributed by atoms with Crippen LogP contribution in [0.3, 0.4) is 0 Å². The summed E-state index contributed by atoms with van der Waals surface area (Å²) in [6.45, 7) is 2.20. The van der Waals surface area contributed by atoms with Gasteiger partial charge in [0.05, 0.1) is 5.08 Å². The SMILES string of the molecule is CCS(=O)(=O)CSCCN. The van der Waals surface area contributed by atoms with E-state index in [-0.39, 0.29) is 10.8 Å². The maximum atomic E-state index is 10.8. The normalized spacial score (nSPS) is 11.8. The summed E-state index contributed by atoms with van der Waals surface area (Å²) in [7, 11) is -2.78. The molecule has 0 bridgehead atoms. The highest BCUT2D eigenvalue weighted by molar-refractivity contribution is 8.12. The van der Waals surface area contributed by atoms with Crippen molar-refractivity contribution >= 4 is 21.6 Å². The van der Waals surface area contributed by atoms with Crippen LogP contribution in [0.4, 0.5) is 0 Å². The van der Waals surface area contributed by atoms with Crippen LogP contribution in [0, 0.1) is 0 Å². The van der Waals surface area contributed by atoms with Crippen LogP contribution in [-0.2, 0) is 9.84 Å². The number of hydrogen-bond donors (Lipinski definition) is 1. The quantitative estimate of drug-likeness (QED) is 0.613. The summed E-state index contributed by atoms with van der Waals surface area (Å²) in [4.78, 5) is 0. The Bertz CT molecular complexity index is 164. The Morgan fingerprint density at radius 2 is 2.10 bits per heavy atom. The van der Waals surface area contributed by atoms with E-state index in [4.69, 9.17) is 5.73 Å². The summed E-state index contributed by atoms with van der Waals surface area (Å²) < 4.78 is 21.6. The van der Waals surface area contributed by atoms with Gasteiger partial charge >= 0.3 is 0 Å². The largest absolute Gasteiger partial charge is 0.330 e. The Morgan fingerprint density at radius 3 is 2.50 bits per heavy atom. The molecule has 0 aromatic carbocycles. The highest BCUT2D eigenvalue weighted by Crippen LogP contribution is 2.03. The summed E-state index contributed by atoms with van der Waals surface area (Å²) in [5.41, 5.74) is 5.18. The highest BCUT2D eigenvalue weighted by atomic mass is 32.3. The molecule has 62 valence electrons. The van der Waals surface area contributed by atoms with Crippen molar-refractivity contribution in [3.05, 3.63) is 0 Å². The first-order valence-electron chi connectivity index (χ1n) is 3.10. The average molecular weight is 183 g/mol. The Balaban J connectivity index is 3.49. The van der Waals surface area contributed by atoms with Gasteiger partial charge in [0.15, 0.2) is 9.84 Å². The molecule has 0 aliphatic heterocycles. The fourth-order valence-electron chi connectivity index (χ4n) is 0.353. The molecule has 0 rings (SSSR count). The minimum atomic E-state index is -2.78. The molecular formula is C5H13NO2S2. The number of thioether (sulfide) groups is 1. The van der Waals surface area contributed by atoms with E-state index in [1.54, 1.807) is 6.92 Å². The van der Waals surface area contributed by atoms with Crippen LogP contribution in [0.15, 0.2) is 0 Å². The standard InChI is InChI=1S/C5H13NO2S2/c1-2-10(7,8)5-9-4-3-6/h2-6H2,1H3. The van der Waals surface area contributed by atoms with E-state index in [9.17, 15) is 8.42 Å². The highest BCUT2D eigenvalue weighted by Gasteiger charge is 2.05. The third kappa shape index (κ3) is 5.08. The van der Waals surface area contributed by atoms with Crippen LogP contribution in [0.25, 0.3) is 0 Å². The van der Waals surface area contributed by atoms with Gasteiger partial charge in [0.1, 0.15) is 0 Å². The summed E-state index contributed by atoms with van der Waals surface area (Å²) in [6, 6.07) is 0. The van der Waals surface area contributed by atoms with Gasteiger partial charge in [-0.05, 0) is 0 Å². The zero-order chi connectivity index (χ0) is 8.04. The van der Waals surface area contributed by atoms with E-state index in [0.29, 0.717) is 6.54 Å². The smallest absolute Gasteiger partial charge is 0.159 e. The average Bonchev–Trinajstić information content (AvgIpc) is 1.89. The summed E-state index contributed by atoms with van der Waals surface area (Å²) in [6.07, 6.45) is 0. The fourth-order valence-corrected chi connectivity index (χ4v) is 2.67. The van der Waals surface area contributed by atoms with Gasteiger partial charge in [-0.15, -0.1) is 11.8 Å². The van der Waals surface area contributed by atoms with E-state index >= 15 is 0 Å². The molecule has 10 heavy (non-hydrogen) atoms. The molecule has 0 fully saturated rings. The zero-order valence-corrected chi connectivity index (χ0v) is 7.67. The molecule has 0 atom stereocenters. The maximum absolute atomic E-state index is 10.8. The summed E-state index contributed by atoms with van der Waals surface area (Å²) >= 11 is 1.37. The number of rotatable bonds is 5. The molecule has 0 aromatic rings. The van der Waals surface area contributed by atoms with Crippen molar-refractivity contribution in [3.8, 4) is 0 Å².